The second-order valence-corrected chi connectivity index (χ2v) is 5.05. The minimum absolute atomic E-state index is 0.0886. The van der Waals surface area contributed by atoms with Gasteiger partial charge in [-0.25, -0.2) is 4.98 Å². The van der Waals surface area contributed by atoms with Gasteiger partial charge in [0.2, 0.25) is 5.91 Å². The van der Waals surface area contributed by atoms with E-state index in [2.05, 4.69) is 4.98 Å². The molecular weight excluding hydrogens is 232 g/mol. The molecule has 1 amide bonds. The summed E-state index contributed by atoms with van der Waals surface area (Å²) < 4.78 is 0. The number of thiazole rings is 1. The van der Waals surface area contributed by atoms with Gasteiger partial charge in [0.1, 0.15) is 5.01 Å². The molecule has 0 N–H and O–H groups in total. The van der Waals surface area contributed by atoms with Crippen LogP contribution in [0.2, 0.25) is 0 Å². The topological polar surface area (TPSA) is 33.2 Å². The molecule has 1 aliphatic rings. The first-order chi connectivity index (χ1) is 7.22. The molecule has 1 aliphatic heterocycles. The number of amides is 1. The molecule has 2 unspecified atom stereocenters. The van der Waals surface area contributed by atoms with Gasteiger partial charge in [-0.1, -0.05) is 0 Å². The third kappa shape index (κ3) is 2.16. The molecule has 82 valence electrons. The monoisotopic (exact) mass is 244 g/mol. The Bertz CT molecular complexity index is 341. The van der Waals surface area contributed by atoms with E-state index in [1.165, 1.54) is 0 Å². The van der Waals surface area contributed by atoms with Crippen LogP contribution in [0.25, 0.3) is 0 Å². The van der Waals surface area contributed by atoms with Crippen molar-refractivity contribution in [3.8, 4) is 0 Å². The molecule has 1 fully saturated rings. The van der Waals surface area contributed by atoms with Crippen molar-refractivity contribution in [2.75, 3.05) is 12.4 Å². The van der Waals surface area contributed by atoms with Gasteiger partial charge < -0.3 is 4.90 Å². The van der Waals surface area contributed by atoms with Gasteiger partial charge in [-0.15, -0.1) is 22.9 Å². The van der Waals surface area contributed by atoms with Crippen LogP contribution in [-0.2, 0) is 4.79 Å². The van der Waals surface area contributed by atoms with Gasteiger partial charge in [-0.2, -0.15) is 0 Å². The van der Waals surface area contributed by atoms with Gasteiger partial charge in [-0.05, 0) is 12.8 Å². The minimum atomic E-state index is 0.0886. The van der Waals surface area contributed by atoms with E-state index < -0.39 is 0 Å². The van der Waals surface area contributed by atoms with Gasteiger partial charge in [0.05, 0.1) is 6.04 Å². The van der Waals surface area contributed by atoms with Crippen molar-refractivity contribution in [1.29, 1.82) is 0 Å². The number of hydrogen-bond donors (Lipinski definition) is 0. The Balaban J connectivity index is 2.08. The molecule has 1 aromatic heterocycles. The van der Waals surface area contributed by atoms with Crippen molar-refractivity contribution in [1.82, 2.24) is 9.88 Å². The zero-order valence-corrected chi connectivity index (χ0v) is 10.1. The Labute approximate surface area is 98.1 Å². The maximum absolute atomic E-state index is 11.7. The average Bonchev–Trinajstić information content (AvgIpc) is 2.85. The fraction of sp³-hybridized carbons (Fsp3) is 0.600. The zero-order chi connectivity index (χ0) is 10.8. The number of likely N-dealkylation sites (tertiary alicyclic amines) is 1. The maximum Gasteiger partial charge on any atom is 0.223 e. The quantitative estimate of drug-likeness (QED) is 0.765. The molecule has 3 nitrogen and oxygen atoms in total. The molecule has 2 rings (SSSR count). The predicted molar refractivity (Wildman–Crippen MR) is 61.1 cm³/mol. The highest BCUT2D eigenvalue weighted by molar-refractivity contribution is 7.09. The second-order valence-electron chi connectivity index (χ2n) is 3.82. The summed E-state index contributed by atoms with van der Waals surface area (Å²) >= 11 is 7.37. The Morgan fingerprint density at radius 2 is 2.60 bits per heavy atom. The number of hydrogen-bond acceptors (Lipinski definition) is 3. The van der Waals surface area contributed by atoms with Crippen molar-refractivity contribution in [2.45, 2.75) is 19.4 Å². The summed E-state index contributed by atoms with van der Waals surface area (Å²) in [5.74, 6) is 1.07. The predicted octanol–water partition coefficient (Wildman–Crippen LogP) is 2.29. The van der Waals surface area contributed by atoms with Gasteiger partial charge in [0, 0.05) is 30.4 Å². The summed E-state index contributed by atoms with van der Waals surface area (Å²) in [4.78, 5) is 17.8. The van der Waals surface area contributed by atoms with E-state index in [0.717, 1.165) is 11.6 Å². The first kappa shape index (κ1) is 10.9. The van der Waals surface area contributed by atoms with E-state index in [-0.39, 0.29) is 11.9 Å². The molecule has 0 saturated carbocycles. The van der Waals surface area contributed by atoms with E-state index in [9.17, 15) is 4.79 Å². The van der Waals surface area contributed by atoms with Crippen LogP contribution in [0.4, 0.5) is 0 Å². The van der Waals surface area contributed by atoms with Crippen LogP contribution < -0.4 is 0 Å². The molecule has 15 heavy (non-hydrogen) atoms. The zero-order valence-electron chi connectivity index (χ0n) is 8.52. The van der Waals surface area contributed by atoms with Gasteiger partial charge in [-0.3, -0.25) is 4.79 Å². The number of nitrogens with zero attached hydrogens (tertiary/aromatic N) is 2. The summed E-state index contributed by atoms with van der Waals surface area (Å²) in [6.45, 7) is 2.79. The van der Waals surface area contributed by atoms with Crippen molar-refractivity contribution in [3.05, 3.63) is 16.6 Å². The molecule has 0 radical (unpaired) electrons. The Hall–Kier alpha value is -0.610. The lowest BCUT2D eigenvalue weighted by molar-refractivity contribution is -0.129. The molecule has 0 aliphatic carbocycles. The van der Waals surface area contributed by atoms with E-state index in [0.29, 0.717) is 18.2 Å². The summed E-state index contributed by atoms with van der Waals surface area (Å²) in [5.41, 5.74) is 0. The van der Waals surface area contributed by atoms with E-state index in [4.69, 9.17) is 11.6 Å². The number of carbonyl (C=O) groups is 1. The third-order valence-electron chi connectivity index (χ3n) is 2.73. The molecule has 0 aromatic carbocycles. The standard InChI is InChI=1S/C10H13ClN2OS/c1-7(10-12-2-3-15-10)13-6-8(5-11)4-9(13)14/h2-3,7-8H,4-6H2,1H3. The number of carbonyl (C=O) groups excluding carboxylic acids is 1. The molecule has 1 saturated heterocycles. The number of rotatable bonds is 3. The molecule has 5 heteroatoms. The van der Waals surface area contributed by atoms with Crippen LogP contribution in [0.1, 0.15) is 24.4 Å². The SMILES string of the molecule is CC(c1nccs1)N1CC(CCl)CC1=O. The van der Waals surface area contributed by atoms with Crippen molar-refractivity contribution in [2.24, 2.45) is 5.92 Å². The summed E-state index contributed by atoms with van der Waals surface area (Å²) in [5, 5.41) is 2.93. The molecule has 1 aromatic rings. The highest BCUT2D eigenvalue weighted by Gasteiger charge is 2.33. The van der Waals surface area contributed by atoms with Crippen LogP contribution in [0, 0.1) is 5.92 Å². The smallest absolute Gasteiger partial charge is 0.223 e. The van der Waals surface area contributed by atoms with Crippen LogP contribution in [0.5, 0.6) is 0 Å². The second kappa shape index (κ2) is 4.49. The van der Waals surface area contributed by atoms with Gasteiger partial charge in [0.25, 0.3) is 0 Å². The van der Waals surface area contributed by atoms with Crippen molar-refractivity contribution >= 4 is 28.8 Å². The van der Waals surface area contributed by atoms with E-state index in [1.54, 1.807) is 17.5 Å². The fourth-order valence-corrected chi connectivity index (χ4v) is 2.77. The van der Waals surface area contributed by atoms with Crippen LogP contribution in [0.15, 0.2) is 11.6 Å². The Morgan fingerprint density at radius 1 is 1.80 bits per heavy atom. The van der Waals surface area contributed by atoms with Crippen molar-refractivity contribution in [3.63, 3.8) is 0 Å². The normalized spacial score (nSPS) is 23.5. The molecule has 0 spiro atoms. The molecule has 2 heterocycles. The van der Waals surface area contributed by atoms with Crippen molar-refractivity contribution < 1.29 is 4.79 Å². The summed E-state index contributed by atoms with van der Waals surface area (Å²) in [6, 6.07) is 0.0886. The summed E-state index contributed by atoms with van der Waals surface area (Å²) in [7, 11) is 0. The molecular formula is C10H13ClN2OS. The molecule has 2 atom stereocenters. The maximum atomic E-state index is 11.7. The van der Waals surface area contributed by atoms with Crippen LogP contribution >= 0.6 is 22.9 Å². The van der Waals surface area contributed by atoms with E-state index >= 15 is 0 Å². The lowest BCUT2D eigenvalue weighted by atomic mass is 10.1. The lowest BCUT2D eigenvalue weighted by Crippen LogP contribution is -2.28. The Kier molecular flexibility index (Phi) is 3.26. The van der Waals surface area contributed by atoms with Crippen LogP contribution in [0.3, 0.4) is 0 Å². The first-order valence-electron chi connectivity index (χ1n) is 4.97. The minimum Gasteiger partial charge on any atom is -0.333 e. The Morgan fingerprint density at radius 3 is 3.13 bits per heavy atom. The van der Waals surface area contributed by atoms with Gasteiger partial charge >= 0.3 is 0 Å². The highest BCUT2D eigenvalue weighted by atomic mass is 35.5. The van der Waals surface area contributed by atoms with Gasteiger partial charge in [0.15, 0.2) is 0 Å². The number of halogens is 1. The number of aromatic nitrogens is 1. The third-order valence-corrected chi connectivity index (χ3v) is 4.12. The first-order valence-corrected chi connectivity index (χ1v) is 6.38. The fourth-order valence-electron chi connectivity index (χ4n) is 1.86. The highest BCUT2D eigenvalue weighted by Crippen LogP contribution is 2.29. The number of alkyl halides is 1. The van der Waals surface area contributed by atoms with E-state index in [1.807, 2.05) is 17.2 Å². The average molecular weight is 245 g/mol. The lowest BCUT2D eigenvalue weighted by Gasteiger charge is -2.22. The summed E-state index contributed by atoms with van der Waals surface area (Å²) in [6.07, 6.45) is 2.36. The largest absolute Gasteiger partial charge is 0.333 e. The molecule has 0 bridgehead atoms. The van der Waals surface area contributed by atoms with Crippen LogP contribution in [-0.4, -0.2) is 28.2 Å².